The van der Waals surface area contributed by atoms with Crippen LogP contribution in [0.25, 0.3) is 11.4 Å². The fourth-order valence-corrected chi connectivity index (χ4v) is 4.28. The van der Waals surface area contributed by atoms with Gasteiger partial charge in [-0.3, -0.25) is 4.79 Å². The second-order valence-electron chi connectivity index (χ2n) is 5.20. The van der Waals surface area contributed by atoms with Crippen LogP contribution >= 0.6 is 23.2 Å². The van der Waals surface area contributed by atoms with Crippen molar-refractivity contribution in [3.63, 3.8) is 0 Å². The predicted molar refractivity (Wildman–Crippen MR) is 95.6 cm³/mol. The van der Waals surface area contributed by atoms with Gasteiger partial charge < -0.3 is 4.52 Å². The van der Waals surface area contributed by atoms with Crippen molar-refractivity contribution in [1.29, 1.82) is 0 Å². The van der Waals surface area contributed by atoms with Crippen LogP contribution in [-0.4, -0.2) is 24.5 Å². The average Bonchev–Trinajstić information content (AvgIpc) is 3.00. The quantitative estimate of drug-likeness (QED) is 0.704. The zero-order valence-electron chi connectivity index (χ0n) is 13.2. The van der Waals surface area contributed by atoms with E-state index >= 15 is 0 Å². The van der Waals surface area contributed by atoms with Crippen LogP contribution in [0.5, 0.6) is 0 Å². The van der Waals surface area contributed by atoms with E-state index < -0.39 is 15.9 Å². The van der Waals surface area contributed by atoms with E-state index in [4.69, 9.17) is 27.7 Å². The van der Waals surface area contributed by atoms with Gasteiger partial charge in [0, 0.05) is 18.1 Å². The number of halogens is 2. The van der Waals surface area contributed by atoms with Gasteiger partial charge in [0.2, 0.25) is 11.7 Å². The number of aryl methyl sites for hydroxylation is 1. The average molecular weight is 412 g/mol. The molecule has 1 heterocycles. The van der Waals surface area contributed by atoms with Gasteiger partial charge in [0.25, 0.3) is 15.9 Å². The highest BCUT2D eigenvalue weighted by Crippen LogP contribution is 2.29. The SMILES string of the molecule is Cc1nc(-c2ccc(C(=O)NS(=O)(=O)c3c(Cl)cccc3Cl)cc2)no1. The number of aromatic nitrogens is 2. The fourth-order valence-electron chi connectivity index (χ4n) is 2.16. The normalized spacial score (nSPS) is 11.3. The smallest absolute Gasteiger partial charge is 0.267 e. The molecule has 0 spiro atoms. The summed E-state index contributed by atoms with van der Waals surface area (Å²) in [6, 6.07) is 10.3. The monoisotopic (exact) mass is 411 g/mol. The van der Waals surface area contributed by atoms with E-state index in [2.05, 4.69) is 10.1 Å². The topological polar surface area (TPSA) is 102 Å². The summed E-state index contributed by atoms with van der Waals surface area (Å²) in [6.07, 6.45) is 0. The van der Waals surface area contributed by atoms with E-state index in [0.717, 1.165) is 0 Å². The molecule has 0 saturated carbocycles. The summed E-state index contributed by atoms with van der Waals surface area (Å²) in [6.45, 7) is 1.66. The van der Waals surface area contributed by atoms with Crippen LogP contribution in [0.1, 0.15) is 16.2 Å². The van der Waals surface area contributed by atoms with Crippen LogP contribution in [0.3, 0.4) is 0 Å². The second kappa shape index (κ2) is 7.06. The van der Waals surface area contributed by atoms with Crippen LogP contribution < -0.4 is 4.72 Å². The van der Waals surface area contributed by atoms with E-state index in [1.54, 1.807) is 19.1 Å². The Morgan fingerprint density at radius 2 is 1.69 bits per heavy atom. The first-order valence-corrected chi connectivity index (χ1v) is 9.44. The molecule has 26 heavy (non-hydrogen) atoms. The number of carbonyl (C=O) groups is 1. The number of nitrogens with one attached hydrogen (secondary N) is 1. The number of sulfonamides is 1. The lowest BCUT2D eigenvalue weighted by molar-refractivity contribution is 0.0981. The molecule has 10 heteroatoms. The third-order valence-electron chi connectivity index (χ3n) is 3.35. The predicted octanol–water partition coefficient (Wildman–Crippen LogP) is 3.47. The van der Waals surface area contributed by atoms with Crippen LogP contribution in [0.2, 0.25) is 10.0 Å². The van der Waals surface area contributed by atoms with Crippen molar-refractivity contribution < 1.29 is 17.7 Å². The molecule has 0 saturated heterocycles. The van der Waals surface area contributed by atoms with E-state index in [1.165, 1.54) is 30.3 Å². The molecule has 7 nitrogen and oxygen atoms in total. The minimum atomic E-state index is -4.23. The van der Waals surface area contributed by atoms with Crippen LogP contribution in [0.4, 0.5) is 0 Å². The molecule has 0 bridgehead atoms. The molecule has 0 unspecified atom stereocenters. The van der Waals surface area contributed by atoms with Crippen molar-refractivity contribution in [3.8, 4) is 11.4 Å². The van der Waals surface area contributed by atoms with Crippen molar-refractivity contribution in [2.75, 3.05) is 0 Å². The molecule has 0 fully saturated rings. The molecular weight excluding hydrogens is 401 g/mol. The molecule has 134 valence electrons. The Morgan fingerprint density at radius 3 is 2.23 bits per heavy atom. The van der Waals surface area contributed by atoms with E-state index in [-0.39, 0.29) is 20.5 Å². The number of hydrogen-bond donors (Lipinski definition) is 1. The maximum Gasteiger partial charge on any atom is 0.267 e. The first-order chi connectivity index (χ1) is 12.3. The van der Waals surface area contributed by atoms with Crippen molar-refractivity contribution in [3.05, 3.63) is 64.0 Å². The zero-order valence-corrected chi connectivity index (χ0v) is 15.6. The first-order valence-electron chi connectivity index (χ1n) is 7.20. The van der Waals surface area contributed by atoms with Gasteiger partial charge in [0.05, 0.1) is 10.0 Å². The van der Waals surface area contributed by atoms with Crippen LogP contribution in [0.15, 0.2) is 51.9 Å². The van der Waals surface area contributed by atoms with E-state index in [1.807, 2.05) is 4.72 Å². The van der Waals surface area contributed by atoms with Crippen LogP contribution in [0, 0.1) is 6.92 Å². The molecule has 0 aliphatic carbocycles. The molecule has 0 aliphatic heterocycles. The standard InChI is InChI=1S/C16H11Cl2N3O4S/c1-9-19-15(20-25-9)10-5-7-11(8-6-10)16(22)21-26(23,24)14-12(17)3-2-4-13(14)18/h2-8H,1H3,(H,21,22). The minimum Gasteiger partial charge on any atom is -0.339 e. The lowest BCUT2D eigenvalue weighted by Gasteiger charge is -2.10. The maximum absolute atomic E-state index is 12.4. The van der Waals surface area contributed by atoms with Gasteiger partial charge in [-0.15, -0.1) is 0 Å². The Hall–Kier alpha value is -2.42. The summed E-state index contributed by atoms with van der Waals surface area (Å²) >= 11 is 11.8. The number of rotatable bonds is 4. The lowest BCUT2D eigenvalue weighted by Crippen LogP contribution is -2.31. The molecule has 0 atom stereocenters. The van der Waals surface area contributed by atoms with Gasteiger partial charge in [-0.25, -0.2) is 13.1 Å². The molecule has 1 amide bonds. The van der Waals surface area contributed by atoms with Gasteiger partial charge in [0.15, 0.2) is 0 Å². The Balaban J connectivity index is 1.84. The van der Waals surface area contributed by atoms with Crippen molar-refractivity contribution in [2.24, 2.45) is 0 Å². The van der Waals surface area contributed by atoms with Gasteiger partial charge in [-0.1, -0.05) is 46.6 Å². The summed E-state index contributed by atoms with van der Waals surface area (Å²) in [5.41, 5.74) is 0.746. The number of nitrogens with zero attached hydrogens (tertiary/aromatic N) is 2. The zero-order chi connectivity index (χ0) is 18.9. The summed E-state index contributed by atoms with van der Waals surface area (Å²) in [5.74, 6) is -0.0497. The lowest BCUT2D eigenvalue weighted by atomic mass is 10.1. The van der Waals surface area contributed by atoms with E-state index in [0.29, 0.717) is 17.3 Å². The second-order valence-corrected chi connectivity index (χ2v) is 7.63. The fraction of sp³-hybridized carbons (Fsp3) is 0.0625. The van der Waals surface area contributed by atoms with Crippen molar-refractivity contribution in [2.45, 2.75) is 11.8 Å². The molecule has 0 aliphatic rings. The molecule has 3 rings (SSSR count). The molecular formula is C16H11Cl2N3O4S. The Morgan fingerprint density at radius 1 is 1.08 bits per heavy atom. The van der Waals surface area contributed by atoms with Gasteiger partial charge in [0.1, 0.15) is 4.90 Å². The molecule has 3 aromatic rings. The largest absolute Gasteiger partial charge is 0.339 e. The maximum atomic E-state index is 12.4. The number of benzene rings is 2. The third kappa shape index (κ3) is 3.72. The molecule has 1 N–H and O–H groups in total. The van der Waals surface area contributed by atoms with Gasteiger partial charge in [-0.2, -0.15) is 4.98 Å². The number of hydrogen-bond acceptors (Lipinski definition) is 6. The Kier molecular flexibility index (Phi) is 4.99. The Labute approximate surface area is 159 Å². The molecule has 1 aromatic heterocycles. The van der Waals surface area contributed by atoms with E-state index in [9.17, 15) is 13.2 Å². The highest BCUT2D eigenvalue weighted by atomic mass is 35.5. The minimum absolute atomic E-state index is 0.0828. The summed E-state index contributed by atoms with van der Waals surface area (Å²) < 4.78 is 31.7. The van der Waals surface area contributed by atoms with Crippen molar-refractivity contribution in [1.82, 2.24) is 14.9 Å². The summed E-state index contributed by atoms with van der Waals surface area (Å²) in [7, 11) is -4.23. The highest BCUT2D eigenvalue weighted by Gasteiger charge is 2.24. The summed E-state index contributed by atoms with van der Waals surface area (Å²) in [4.78, 5) is 16.0. The third-order valence-corrected chi connectivity index (χ3v) is 5.63. The highest BCUT2D eigenvalue weighted by molar-refractivity contribution is 7.90. The van der Waals surface area contributed by atoms with Gasteiger partial charge in [-0.05, 0) is 24.3 Å². The van der Waals surface area contributed by atoms with Crippen molar-refractivity contribution >= 4 is 39.1 Å². The van der Waals surface area contributed by atoms with Crippen LogP contribution in [-0.2, 0) is 10.0 Å². The molecule has 2 aromatic carbocycles. The van der Waals surface area contributed by atoms with Gasteiger partial charge >= 0.3 is 0 Å². The molecule has 0 radical (unpaired) electrons. The first kappa shape index (κ1) is 18.4. The Bertz CT molecular complexity index is 1060. The number of carbonyl (C=O) groups excluding carboxylic acids is 1. The summed E-state index contributed by atoms with van der Waals surface area (Å²) in [5, 5.41) is 3.60. The number of amides is 1.